The van der Waals surface area contributed by atoms with Crippen LogP contribution in [0, 0.1) is 0 Å². The third-order valence-electron chi connectivity index (χ3n) is 6.33. The van der Waals surface area contributed by atoms with Gasteiger partial charge in [-0.1, -0.05) is 13.8 Å². The fourth-order valence-electron chi connectivity index (χ4n) is 4.39. The molecule has 34 heavy (non-hydrogen) atoms. The van der Waals surface area contributed by atoms with Crippen LogP contribution < -0.4 is 20.9 Å². The summed E-state index contributed by atoms with van der Waals surface area (Å²) in [6.07, 6.45) is 0.799. The van der Waals surface area contributed by atoms with Crippen LogP contribution in [0.1, 0.15) is 49.2 Å². The lowest BCUT2D eigenvalue weighted by molar-refractivity contribution is 0.0768. The summed E-state index contributed by atoms with van der Waals surface area (Å²) in [5.41, 5.74) is 1.23. The van der Waals surface area contributed by atoms with Crippen molar-refractivity contribution >= 4 is 22.6 Å². The Morgan fingerprint density at radius 2 is 1.85 bits per heavy atom. The van der Waals surface area contributed by atoms with Crippen molar-refractivity contribution in [1.29, 1.82) is 0 Å². The van der Waals surface area contributed by atoms with E-state index in [4.69, 9.17) is 4.74 Å². The number of rotatable bonds is 5. The van der Waals surface area contributed by atoms with Crippen LogP contribution in [0.4, 0.5) is 5.69 Å². The lowest BCUT2D eigenvalue weighted by atomic mass is 10.0. The minimum Gasteiger partial charge on any atom is -0.497 e. The molecular formula is C25H31N5O4. The number of aromatic amines is 1. The number of benzene rings is 1. The van der Waals surface area contributed by atoms with Crippen molar-refractivity contribution in [3.8, 4) is 5.75 Å². The second kappa shape index (κ2) is 9.70. The van der Waals surface area contributed by atoms with Crippen molar-refractivity contribution in [3.63, 3.8) is 0 Å². The first-order valence-electron chi connectivity index (χ1n) is 11.7. The largest absolute Gasteiger partial charge is 0.497 e. The van der Waals surface area contributed by atoms with Gasteiger partial charge in [-0.2, -0.15) is 0 Å². The van der Waals surface area contributed by atoms with Crippen LogP contribution in [0.25, 0.3) is 11.0 Å². The molecule has 1 aliphatic heterocycles. The first-order chi connectivity index (χ1) is 16.3. The van der Waals surface area contributed by atoms with Crippen LogP contribution in [0.5, 0.6) is 5.75 Å². The Labute approximate surface area is 198 Å². The number of hydrogen-bond donors (Lipinski definition) is 1. The Morgan fingerprint density at radius 1 is 1.12 bits per heavy atom. The summed E-state index contributed by atoms with van der Waals surface area (Å²) in [7, 11) is 1.64. The highest BCUT2D eigenvalue weighted by atomic mass is 16.5. The highest BCUT2D eigenvalue weighted by molar-refractivity contribution is 6.05. The maximum atomic E-state index is 13.7. The molecule has 1 N–H and O–H groups in total. The molecule has 9 heteroatoms. The van der Waals surface area contributed by atoms with E-state index in [1.807, 2.05) is 45.0 Å². The van der Waals surface area contributed by atoms with E-state index < -0.39 is 11.2 Å². The Hall–Kier alpha value is -3.62. The van der Waals surface area contributed by atoms with Gasteiger partial charge in [-0.05, 0) is 49.6 Å². The number of hydrogen-bond acceptors (Lipinski definition) is 6. The number of nitrogens with one attached hydrogen (secondary N) is 1. The molecule has 0 unspecified atom stereocenters. The standard InChI is InChI=1S/C25H31N5O4/c1-5-30-22-21(23(31)27-25(30)33)19(15-20(26-22)16(2)3)24(32)29-12-6-11-28(13-14-29)17-7-9-18(34-4)10-8-17/h7-10,15-16H,5-6,11-14H2,1-4H3,(H,27,31,33). The molecule has 0 spiro atoms. The number of nitrogens with zero attached hydrogens (tertiary/aromatic N) is 4. The van der Waals surface area contributed by atoms with Gasteiger partial charge in [0.15, 0.2) is 5.65 Å². The summed E-state index contributed by atoms with van der Waals surface area (Å²) < 4.78 is 6.66. The van der Waals surface area contributed by atoms with Crippen molar-refractivity contribution in [2.75, 3.05) is 38.2 Å². The first kappa shape index (κ1) is 23.5. The smallest absolute Gasteiger partial charge is 0.329 e. The normalized spacial score (nSPS) is 14.5. The van der Waals surface area contributed by atoms with Gasteiger partial charge in [0.05, 0.1) is 18.1 Å². The molecule has 0 atom stereocenters. The first-order valence-corrected chi connectivity index (χ1v) is 11.7. The Morgan fingerprint density at radius 3 is 2.50 bits per heavy atom. The number of anilines is 1. The maximum absolute atomic E-state index is 13.7. The number of H-pyrrole nitrogens is 1. The number of pyridine rings is 1. The highest BCUT2D eigenvalue weighted by Crippen LogP contribution is 2.24. The van der Waals surface area contributed by atoms with E-state index >= 15 is 0 Å². The van der Waals surface area contributed by atoms with Crippen molar-refractivity contribution in [2.24, 2.45) is 0 Å². The molecule has 0 radical (unpaired) electrons. The van der Waals surface area contributed by atoms with Gasteiger partial charge in [0.25, 0.3) is 11.5 Å². The Kier molecular flexibility index (Phi) is 6.72. The van der Waals surface area contributed by atoms with Crippen molar-refractivity contribution < 1.29 is 9.53 Å². The number of ether oxygens (including phenoxy) is 1. The van der Waals surface area contributed by atoms with E-state index in [0.29, 0.717) is 37.4 Å². The van der Waals surface area contributed by atoms with Gasteiger partial charge in [-0.3, -0.25) is 19.1 Å². The number of amides is 1. The SMILES string of the molecule is CCn1c(=O)[nH]c(=O)c2c(C(=O)N3CCCN(c4ccc(OC)cc4)CC3)cc(C(C)C)nc21. The Balaban J connectivity index is 1.69. The van der Waals surface area contributed by atoms with Crippen LogP contribution in [0.2, 0.25) is 0 Å². The van der Waals surface area contributed by atoms with Crippen LogP contribution in [-0.4, -0.2) is 58.6 Å². The van der Waals surface area contributed by atoms with Crippen LogP contribution in [0.3, 0.4) is 0 Å². The fourth-order valence-corrected chi connectivity index (χ4v) is 4.39. The summed E-state index contributed by atoms with van der Waals surface area (Å²) in [6.45, 7) is 8.70. The second-order valence-corrected chi connectivity index (χ2v) is 8.78. The summed E-state index contributed by atoms with van der Waals surface area (Å²) in [5, 5.41) is 0.173. The summed E-state index contributed by atoms with van der Waals surface area (Å²) >= 11 is 0. The molecule has 0 aliphatic carbocycles. The van der Waals surface area contributed by atoms with E-state index in [-0.39, 0.29) is 22.9 Å². The van der Waals surface area contributed by atoms with Crippen LogP contribution in [-0.2, 0) is 6.54 Å². The molecule has 1 fully saturated rings. The number of aromatic nitrogens is 3. The number of fused-ring (bicyclic) bond motifs is 1. The zero-order valence-electron chi connectivity index (χ0n) is 20.1. The zero-order chi connectivity index (χ0) is 24.4. The van der Waals surface area contributed by atoms with E-state index in [2.05, 4.69) is 14.9 Å². The maximum Gasteiger partial charge on any atom is 0.329 e. The zero-order valence-corrected chi connectivity index (χ0v) is 20.1. The summed E-state index contributed by atoms with van der Waals surface area (Å²) in [4.78, 5) is 49.9. The molecular weight excluding hydrogens is 434 g/mol. The molecule has 1 aliphatic rings. The van der Waals surface area contributed by atoms with E-state index in [1.165, 1.54) is 4.57 Å². The van der Waals surface area contributed by atoms with Gasteiger partial charge in [0.2, 0.25) is 0 Å². The molecule has 9 nitrogen and oxygen atoms in total. The summed E-state index contributed by atoms with van der Waals surface area (Å²) in [5.74, 6) is 0.625. The minimum absolute atomic E-state index is 0.0327. The molecule has 1 saturated heterocycles. The minimum atomic E-state index is -0.578. The van der Waals surface area contributed by atoms with Crippen LogP contribution >= 0.6 is 0 Å². The van der Waals surface area contributed by atoms with Crippen molar-refractivity contribution in [3.05, 3.63) is 62.4 Å². The average molecular weight is 466 g/mol. The number of carbonyl (C=O) groups excluding carboxylic acids is 1. The molecule has 4 rings (SSSR count). The van der Waals surface area contributed by atoms with Crippen molar-refractivity contribution in [2.45, 2.75) is 39.7 Å². The predicted molar refractivity (Wildman–Crippen MR) is 132 cm³/mol. The molecule has 2 aromatic heterocycles. The lowest BCUT2D eigenvalue weighted by Crippen LogP contribution is -2.37. The van der Waals surface area contributed by atoms with Gasteiger partial charge in [0, 0.05) is 44.1 Å². The third kappa shape index (κ3) is 4.42. The molecule has 0 bridgehead atoms. The quantitative estimate of drug-likeness (QED) is 0.622. The third-order valence-corrected chi connectivity index (χ3v) is 6.33. The molecule has 1 aromatic carbocycles. The van der Waals surface area contributed by atoms with Gasteiger partial charge >= 0.3 is 5.69 Å². The monoisotopic (exact) mass is 465 g/mol. The van der Waals surface area contributed by atoms with E-state index in [0.717, 1.165) is 24.4 Å². The fraction of sp³-hybridized carbons (Fsp3) is 0.440. The van der Waals surface area contributed by atoms with Gasteiger partial charge in [-0.25, -0.2) is 9.78 Å². The molecule has 3 heterocycles. The Bertz CT molecular complexity index is 1310. The highest BCUT2D eigenvalue weighted by Gasteiger charge is 2.26. The molecule has 1 amide bonds. The van der Waals surface area contributed by atoms with Gasteiger partial charge < -0.3 is 14.5 Å². The van der Waals surface area contributed by atoms with Crippen LogP contribution in [0.15, 0.2) is 39.9 Å². The predicted octanol–water partition coefficient (Wildman–Crippen LogP) is 2.59. The second-order valence-electron chi connectivity index (χ2n) is 8.78. The van der Waals surface area contributed by atoms with Crippen molar-refractivity contribution in [1.82, 2.24) is 19.4 Å². The van der Waals surface area contributed by atoms with E-state index in [1.54, 1.807) is 18.1 Å². The number of aryl methyl sites for hydroxylation is 1. The summed E-state index contributed by atoms with van der Waals surface area (Å²) in [6, 6.07) is 9.61. The van der Waals surface area contributed by atoms with Gasteiger partial charge in [-0.15, -0.1) is 0 Å². The average Bonchev–Trinajstić information content (AvgIpc) is 3.09. The topological polar surface area (TPSA) is 101 Å². The number of carbonyl (C=O) groups is 1. The molecule has 0 saturated carbocycles. The van der Waals surface area contributed by atoms with E-state index in [9.17, 15) is 14.4 Å². The van der Waals surface area contributed by atoms with Gasteiger partial charge in [0.1, 0.15) is 5.75 Å². The molecule has 180 valence electrons. The molecule has 3 aromatic rings. The lowest BCUT2D eigenvalue weighted by Gasteiger charge is -2.24. The number of methoxy groups -OCH3 is 1.